The Labute approximate surface area is 246 Å². The third kappa shape index (κ3) is 6.92. The lowest BCUT2D eigenvalue weighted by molar-refractivity contribution is -0.228. The van der Waals surface area contributed by atoms with Gasteiger partial charge in [-0.2, -0.15) is 22.0 Å². The van der Waals surface area contributed by atoms with Crippen molar-refractivity contribution in [3.8, 4) is 5.75 Å². The maximum absolute atomic E-state index is 15.8. The van der Waals surface area contributed by atoms with Crippen LogP contribution in [-0.2, 0) is 5.67 Å². The molecule has 1 fully saturated rings. The van der Waals surface area contributed by atoms with Gasteiger partial charge in [0.05, 0.1) is 16.9 Å². The van der Waals surface area contributed by atoms with E-state index in [0.717, 1.165) is 29.2 Å². The number of hydrogen-bond acceptors (Lipinski definition) is 3. The second-order valence-electron chi connectivity index (χ2n) is 9.79. The Hall–Kier alpha value is -3.75. The van der Waals surface area contributed by atoms with Gasteiger partial charge < -0.3 is 15.0 Å². The maximum Gasteiger partial charge on any atom is 0.426 e. The van der Waals surface area contributed by atoms with E-state index in [9.17, 15) is 44.7 Å². The Bertz CT molecular complexity index is 1560. The fourth-order valence-electron chi connectivity index (χ4n) is 4.05. The van der Waals surface area contributed by atoms with Crippen LogP contribution >= 0.6 is 15.9 Å². The number of hydrogen-bond donors (Lipinski definition) is 1. The zero-order valence-electron chi connectivity index (χ0n) is 21.8. The average molecular weight is 683 g/mol. The number of carbonyl (C=O) groups is 2. The SMILES string of the molecule is CC(F)(c1cc(Br)c(NC(=O)c2cccc(N(CC3CC3)C(=O)c3ccc(F)c(F)c3)c2F)c(OC(F)F)c1)C(F)(F)F. The van der Waals surface area contributed by atoms with Gasteiger partial charge in [0.1, 0.15) is 0 Å². The summed E-state index contributed by atoms with van der Waals surface area (Å²) in [4.78, 5) is 27.3. The zero-order valence-corrected chi connectivity index (χ0v) is 23.4. The third-order valence-electron chi connectivity index (χ3n) is 6.65. The van der Waals surface area contributed by atoms with Gasteiger partial charge in [-0.25, -0.2) is 17.6 Å². The van der Waals surface area contributed by atoms with E-state index in [1.165, 1.54) is 6.07 Å². The van der Waals surface area contributed by atoms with Crippen molar-refractivity contribution in [3.05, 3.63) is 87.1 Å². The third-order valence-corrected chi connectivity index (χ3v) is 7.27. The van der Waals surface area contributed by atoms with Crippen molar-refractivity contribution < 1.29 is 53.8 Å². The molecule has 0 spiro atoms. The number of nitrogens with zero attached hydrogens (tertiary/aromatic N) is 1. The molecule has 0 saturated heterocycles. The summed E-state index contributed by atoms with van der Waals surface area (Å²) in [5.74, 6) is -7.06. The van der Waals surface area contributed by atoms with Crippen molar-refractivity contribution in [2.45, 2.75) is 38.2 Å². The number of nitrogens with one attached hydrogen (secondary N) is 1. The molecular formula is C28H20BrF9N2O3. The molecule has 230 valence electrons. The second-order valence-corrected chi connectivity index (χ2v) is 10.6. The Morgan fingerprint density at radius 2 is 1.70 bits per heavy atom. The van der Waals surface area contributed by atoms with E-state index < -0.39 is 80.4 Å². The topological polar surface area (TPSA) is 58.6 Å². The van der Waals surface area contributed by atoms with Crippen molar-refractivity contribution in [1.29, 1.82) is 0 Å². The smallest absolute Gasteiger partial charge is 0.426 e. The van der Waals surface area contributed by atoms with E-state index in [1.807, 2.05) is 0 Å². The standard InChI is InChI=1S/C28H20BrF9N2O3/c1-27(35,28(36,37)38)15-10-17(29)23(21(11-15)43-26(33)34)39-24(41)16-3-2-4-20(22(16)32)40(12-13-5-6-13)25(42)14-7-8-18(30)19(31)9-14/h2-4,7-11,13,26H,5-6,12H2,1H3,(H,39,41). The molecule has 15 heteroatoms. The van der Waals surface area contributed by atoms with E-state index in [0.29, 0.717) is 31.0 Å². The molecule has 1 aliphatic rings. The molecule has 2 amide bonds. The summed E-state index contributed by atoms with van der Waals surface area (Å²) in [7, 11) is 0. The Kier molecular flexibility index (Phi) is 9.05. The van der Waals surface area contributed by atoms with Crippen molar-refractivity contribution in [1.82, 2.24) is 0 Å². The predicted molar refractivity (Wildman–Crippen MR) is 140 cm³/mol. The lowest BCUT2D eigenvalue weighted by atomic mass is 9.96. The Morgan fingerprint density at radius 3 is 2.28 bits per heavy atom. The van der Waals surface area contributed by atoms with Gasteiger partial charge in [0.25, 0.3) is 11.8 Å². The van der Waals surface area contributed by atoms with Crippen molar-refractivity contribution in [2.75, 3.05) is 16.8 Å². The molecule has 5 nitrogen and oxygen atoms in total. The molecule has 0 radical (unpaired) electrons. The molecule has 43 heavy (non-hydrogen) atoms. The monoisotopic (exact) mass is 682 g/mol. The van der Waals surface area contributed by atoms with Crippen LogP contribution in [0.5, 0.6) is 5.75 Å². The molecule has 1 N–H and O–H groups in total. The number of anilines is 2. The van der Waals surface area contributed by atoms with Crippen LogP contribution in [0.3, 0.4) is 0 Å². The van der Waals surface area contributed by atoms with Crippen LogP contribution in [0.2, 0.25) is 0 Å². The summed E-state index contributed by atoms with van der Waals surface area (Å²) in [6, 6.07) is 6.60. The van der Waals surface area contributed by atoms with Crippen LogP contribution in [0, 0.1) is 23.4 Å². The fourth-order valence-corrected chi connectivity index (χ4v) is 4.59. The van der Waals surface area contributed by atoms with E-state index in [2.05, 4.69) is 26.0 Å². The van der Waals surface area contributed by atoms with Crippen molar-refractivity contribution in [3.63, 3.8) is 0 Å². The van der Waals surface area contributed by atoms with Gasteiger partial charge >= 0.3 is 12.8 Å². The van der Waals surface area contributed by atoms with Crippen LogP contribution < -0.4 is 15.0 Å². The highest BCUT2D eigenvalue weighted by atomic mass is 79.9. The Balaban J connectivity index is 1.71. The van der Waals surface area contributed by atoms with Crippen LogP contribution in [0.4, 0.5) is 50.9 Å². The zero-order chi connectivity index (χ0) is 31.9. The summed E-state index contributed by atoms with van der Waals surface area (Å²) < 4.78 is 127. The molecule has 0 aliphatic heterocycles. The maximum atomic E-state index is 15.8. The number of halogens is 10. The number of ether oxygens (including phenoxy) is 1. The molecule has 0 bridgehead atoms. The van der Waals surface area contributed by atoms with Gasteiger partial charge in [-0.15, -0.1) is 0 Å². The molecule has 0 heterocycles. The quantitative estimate of drug-likeness (QED) is 0.230. The van der Waals surface area contributed by atoms with Crippen molar-refractivity contribution in [2.24, 2.45) is 5.92 Å². The highest BCUT2D eigenvalue weighted by Crippen LogP contribution is 2.46. The van der Waals surface area contributed by atoms with E-state index in [-0.39, 0.29) is 24.9 Å². The molecule has 0 aromatic heterocycles. The van der Waals surface area contributed by atoms with Crippen LogP contribution in [-0.4, -0.2) is 31.1 Å². The molecule has 1 atom stereocenters. The molecule has 1 saturated carbocycles. The first-order valence-corrected chi connectivity index (χ1v) is 13.2. The summed E-state index contributed by atoms with van der Waals surface area (Å²) >= 11 is 2.82. The molecule has 3 aromatic carbocycles. The summed E-state index contributed by atoms with van der Waals surface area (Å²) in [6.07, 6.45) is -4.04. The number of alkyl halides is 6. The molecule has 1 unspecified atom stereocenters. The van der Waals surface area contributed by atoms with Gasteiger partial charge in [0, 0.05) is 22.1 Å². The van der Waals surface area contributed by atoms with Crippen LogP contribution in [0.25, 0.3) is 0 Å². The second kappa shape index (κ2) is 12.1. The van der Waals surface area contributed by atoms with Gasteiger partial charge in [0.15, 0.2) is 23.2 Å². The number of rotatable bonds is 9. The number of carbonyl (C=O) groups excluding carboxylic acids is 2. The van der Waals surface area contributed by atoms with Crippen LogP contribution in [0.15, 0.2) is 53.0 Å². The minimum absolute atomic E-state index is 0.0274. The summed E-state index contributed by atoms with van der Waals surface area (Å²) in [5, 5.41) is 2.07. The van der Waals surface area contributed by atoms with Crippen LogP contribution in [0.1, 0.15) is 46.0 Å². The minimum Gasteiger partial charge on any atom is -0.433 e. The fraction of sp³-hybridized carbons (Fsp3) is 0.286. The van der Waals surface area contributed by atoms with Crippen molar-refractivity contribution >= 4 is 39.1 Å². The lowest BCUT2D eigenvalue weighted by Crippen LogP contribution is -2.35. The molecule has 4 rings (SSSR count). The predicted octanol–water partition coefficient (Wildman–Crippen LogP) is 8.52. The summed E-state index contributed by atoms with van der Waals surface area (Å²) in [5.41, 5.74) is -7.22. The average Bonchev–Trinajstić information content (AvgIpc) is 3.74. The van der Waals surface area contributed by atoms with E-state index >= 15 is 4.39 Å². The molecular weight excluding hydrogens is 663 g/mol. The largest absolute Gasteiger partial charge is 0.433 e. The minimum atomic E-state index is -5.44. The first-order valence-electron chi connectivity index (χ1n) is 12.4. The van der Waals surface area contributed by atoms with Gasteiger partial charge in [-0.1, -0.05) is 6.07 Å². The first-order chi connectivity index (χ1) is 20.0. The number of benzene rings is 3. The highest BCUT2D eigenvalue weighted by Gasteiger charge is 2.54. The molecule has 3 aromatic rings. The van der Waals surface area contributed by atoms with E-state index in [4.69, 9.17) is 0 Å². The summed E-state index contributed by atoms with van der Waals surface area (Å²) in [6.45, 7) is -3.47. The highest BCUT2D eigenvalue weighted by molar-refractivity contribution is 9.10. The normalized spacial score (nSPS) is 14.8. The number of amides is 2. The van der Waals surface area contributed by atoms with Gasteiger partial charge in [-0.3, -0.25) is 9.59 Å². The lowest BCUT2D eigenvalue weighted by Gasteiger charge is -2.26. The van der Waals surface area contributed by atoms with Gasteiger partial charge in [-0.05, 0) is 84.1 Å². The first kappa shape index (κ1) is 32.2. The van der Waals surface area contributed by atoms with Gasteiger partial charge in [0.2, 0.25) is 5.67 Å². The Morgan fingerprint density at radius 1 is 1.02 bits per heavy atom. The molecule has 1 aliphatic carbocycles. The van der Waals surface area contributed by atoms with E-state index in [1.54, 1.807) is 0 Å².